The fourth-order valence-electron chi connectivity index (χ4n) is 2.85. The molecule has 1 aliphatic rings. The summed E-state index contributed by atoms with van der Waals surface area (Å²) in [4.78, 5) is 13.2. The van der Waals surface area contributed by atoms with Gasteiger partial charge in [0.25, 0.3) is 0 Å². The van der Waals surface area contributed by atoms with E-state index in [0.717, 1.165) is 23.2 Å². The van der Waals surface area contributed by atoms with Gasteiger partial charge in [-0.05, 0) is 61.8 Å². The molecule has 5 heteroatoms. The van der Waals surface area contributed by atoms with Gasteiger partial charge in [-0.15, -0.1) is 0 Å². The number of hydrogen-bond acceptors (Lipinski definition) is 3. The maximum Gasteiger partial charge on any atom is 0.335 e. The Morgan fingerprint density at radius 2 is 1.80 bits per heavy atom. The highest BCUT2D eigenvalue weighted by Gasteiger charge is 2.38. The minimum absolute atomic E-state index is 0.243. The van der Waals surface area contributed by atoms with Gasteiger partial charge < -0.3 is 14.7 Å². The predicted octanol–water partition coefficient (Wildman–Crippen LogP) is 3.54. The lowest BCUT2D eigenvalue weighted by Crippen LogP contribution is -2.57. The zero-order chi connectivity index (χ0) is 15.1. The van der Waals surface area contributed by atoms with Crippen molar-refractivity contribution < 1.29 is 14.6 Å². The lowest BCUT2D eigenvalue weighted by Gasteiger charge is -2.48. The lowest BCUT2D eigenvalue weighted by molar-refractivity contribution is -0.133. The number of anilines is 1. The predicted molar refractivity (Wildman–Crippen MR) is 82.6 cm³/mol. The Kier molecular flexibility index (Phi) is 3.86. The molecule has 0 radical (unpaired) electrons. The van der Waals surface area contributed by atoms with E-state index < -0.39 is 5.97 Å². The number of carbonyl (C=O) groups is 1. The molecular formula is C15H20BrNO3. The topological polar surface area (TPSA) is 49.8 Å². The molecule has 0 bridgehead atoms. The summed E-state index contributed by atoms with van der Waals surface area (Å²) >= 11 is 3.48. The largest absolute Gasteiger partial charge is 0.478 e. The van der Waals surface area contributed by atoms with Crippen LogP contribution in [0.15, 0.2) is 22.7 Å². The molecule has 1 fully saturated rings. The maximum absolute atomic E-state index is 11.0. The Hall–Kier alpha value is -1.07. The number of rotatable bonds is 2. The summed E-state index contributed by atoms with van der Waals surface area (Å²) in [6.45, 7) is 9.81. The van der Waals surface area contributed by atoms with Gasteiger partial charge in [-0.25, -0.2) is 4.79 Å². The molecule has 4 nitrogen and oxygen atoms in total. The molecule has 110 valence electrons. The average Bonchev–Trinajstić information content (AvgIpc) is 2.24. The molecule has 1 N–H and O–H groups in total. The third kappa shape index (κ3) is 3.33. The summed E-state index contributed by atoms with van der Waals surface area (Å²) in [5.74, 6) is -0.917. The monoisotopic (exact) mass is 341 g/mol. The summed E-state index contributed by atoms with van der Waals surface area (Å²) in [6.07, 6.45) is 0. The quantitative estimate of drug-likeness (QED) is 0.893. The van der Waals surface area contributed by atoms with Crippen LogP contribution in [-0.4, -0.2) is 35.4 Å². The van der Waals surface area contributed by atoms with Crippen molar-refractivity contribution in [3.8, 4) is 0 Å². The molecule has 0 aliphatic carbocycles. The number of aromatic carboxylic acids is 1. The van der Waals surface area contributed by atoms with E-state index in [-0.39, 0.29) is 16.8 Å². The van der Waals surface area contributed by atoms with Gasteiger partial charge in [0, 0.05) is 17.6 Å². The molecule has 1 aromatic rings. The third-order valence-corrected chi connectivity index (χ3v) is 3.87. The van der Waals surface area contributed by atoms with Crippen LogP contribution in [0.5, 0.6) is 0 Å². The van der Waals surface area contributed by atoms with E-state index in [1.165, 1.54) is 0 Å². The molecule has 1 saturated heterocycles. The minimum Gasteiger partial charge on any atom is -0.478 e. The van der Waals surface area contributed by atoms with Crippen LogP contribution < -0.4 is 4.90 Å². The van der Waals surface area contributed by atoms with Crippen molar-refractivity contribution in [2.24, 2.45) is 0 Å². The molecule has 0 spiro atoms. The number of ether oxygens (including phenoxy) is 1. The second kappa shape index (κ2) is 5.04. The summed E-state index contributed by atoms with van der Waals surface area (Å²) < 4.78 is 6.86. The van der Waals surface area contributed by atoms with Crippen molar-refractivity contribution >= 4 is 27.6 Å². The number of carboxylic acid groups (broad SMARTS) is 1. The van der Waals surface area contributed by atoms with Gasteiger partial charge in [0.15, 0.2) is 0 Å². The zero-order valence-electron chi connectivity index (χ0n) is 12.2. The molecule has 0 aromatic heterocycles. The highest BCUT2D eigenvalue weighted by atomic mass is 79.9. The van der Waals surface area contributed by atoms with Crippen LogP contribution in [0.1, 0.15) is 38.1 Å². The highest BCUT2D eigenvalue weighted by Crippen LogP contribution is 2.35. The smallest absolute Gasteiger partial charge is 0.335 e. The first-order valence-corrected chi connectivity index (χ1v) is 7.37. The number of hydrogen-bond donors (Lipinski definition) is 1. The number of nitrogens with zero attached hydrogens (tertiary/aromatic N) is 1. The SMILES string of the molecule is CC1(C)CN(c2ccc(C(=O)O)cc2Br)CC(C)(C)O1. The van der Waals surface area contributed by atoms with Gasteiger partial charge in [-0.3, -0.25) is 0 Å². The first kappa shape index (κ1) is 15.3. The summed E-state index contributed by atoms with van der Waals surface area (Å²) in [5, 5.41) is 9.02. The van der Waals surface area contributed by atoms with Crippen molar-refractivity contribution in [1.82, 2.24) is 0 Å². The number of carboxylic acids is 1. The van der Waals surface area contributed by atoms with E-state index >= 15 is 0 Å². The number of benzene rings is 1. The van der Waals surface area contributed by atoms with Crippen molar-refractivity contribution in [3.05, 3.63) is 28.2 Å². The lowest BCUT2D eigenvalue weighted by atomic mass is 9.98. The molecule has 0 atom stereocenters. The Morgan fingerprint density at radius 1 is 1.25 bits per heavy atom. The minimum atomic E-state index is -0.917. The molecule has 1 aliphatic heterocycles. The molecule has 0 saturated carbocycles. The fourth-order valence-corrected chi connectivity index (χ4v) is 3.48. The van der Waals surface area contributed by atoms with E-state index in [1.54, 1.807) is 12.1 Å². The molecule has 0 unspecified atom stereocenters. The summed E-state index contributed by atoms with van der Waals surface area (Å²) in [6, 6.07) is 5.13. The van der Waals surface area contributed by atoms with Crippen molar-refractivity contribution in [2.45, 2.75) is 38.9 Å². The standard InChI is InChI=1S/C15H20BrNO3/c1-14(2)8-17(9-15(3,4)20-14)12-6-5-10(13(18)19)7-11(12)16/h5-7H,8-9H2,1-4H3,(H,18,19). The fraction of sp³-hybridized carbons (Fsp3) is 0.533. The van der Waals surface area contributed by atoms with Gasteiger partial charge in [0.05, 0.1) is 22.5 Å². The third-order valence-electron chi connectivity index (χ3n) is 3.23. The van der Waals surface area contributed by atoms with Gasteiger partial charge in [0.1, 0.15) is 0 Å². The summed E-state index contributed by atoms with van der Waals surface area (Å²) in [7, 11) is 0. The zero-order valence-corrected chi connectivity index (χ0v) is 13.8. The number of halogens is 1. The van der Waals surface area contributed by atoms with Crippen LogP contribution in [0.2, 0.25) is 0 Å². The molecule has 1 aromatic carbocycles. The maximum atomic E-state index is 11.0. The molecule has 20 heavy (non-hydrogen) atoms. The van der Waals surface area contributed by atoms with Crippen LogP contribution in [0.3, 0.4) is 0 Å². The van der Waals surface area contributed by atoms with Gasteiger partial charge >= 0.3 is 5.97 Å². The van der Waals surface area contributed by atoms with Gasteiger partial charge in [0.2, 0.25) is 0 Å². The van der Waals surface area contributed by atoms with E-state index in [0.29, 0.717) is 0 Å². The first-order chi connectivity index (χ1) is 9.10. The van der Waals surface area contributed by atoms with Crippen molar-refractivity contribution in [3.63, 3.8) is 0 Å². The van der Waals surface area contributed by atoms with Crippen LogP contribution >= 0.6 is 15.9 Å². The molecular weight excluding hydrogens is 322 g/mol. The van der Waals surface area contributed by atoms with Crippen LogP contribution in [-0.2, 0) is 4.74 Å². The van der Waals surface area contributed by atoms with Gasteiger partial charge in [-0.2, -0.15) is 0 Å². The normalized spacial score (nSPS) is 20.8. The Balaban J connectivity index is 2.34. The van der Waals surface area contributed by atoms with Crippen LogP contribution in [0.25, 0.3) is 0 Å². The molecule has 2 rings (SSSR count). The van der Waals surface area contributed by atoms with E-state index in [1.807, 2.05) is 6.07 Å². The van der Waals surface area contributed by atoms with E-state index in [2.05, 4.69) is 48.5 Å². The summed E-state index contributed by atoms with van der Waals surface area (Å²) in [5.41, 5.74) is 0.797. The second-order valence-electron chi connectivity index (χ2n) is 6.45. The Morgan fingerprint density at radius 3 is 2.25 bits per heavy atom. The highest BCUT2D eigenvalue weighted by molar-refractivity contribution is 9.10. The number of morpholine rings is 1. The molecule has 1 heterocycles. The van der Waals surface area contributed by atoms with Gasteiger partial charge in [-0.1, -0.05) is 0 Å². The Labute approximate surface area is 127 Å². The Bertz CT molecular complexity index is 524. The molecule has 0 amide bonds. The van der Waals surface area contributed by atoms with E-state index in [4.69, 9.17) is 9.84 Å². The second-order valence-corrected chi connectivity index (χ2v) is 7.30. The van der Waals surface area contributed by atoms with Crippen molar-refractivity contribution in [2.75, 3.05) is 18.0 Å². The van der Waals surface area contributed by atoms with Crippen molar-refractivity contribution in [1.29, 1.82) is 0 Å². The van der Waals surface area contributed by atoms with E-state index in [9.17, 15) is 4.79 Å². The first-order valence-electron chi connectivity index (χ1n) is 6.58. The average molecular weight is 342 g/mol. The van der Waals surface area contributed by atoms with Crippen LogP contribution in [0, 0.1) is 0 Å². The van der Waals surface area contributed by atoms with Crippen LogP contribution in [0.4, 0.5) is 5.69 Å².